The van der Waals surface area contributed by atoms with Crippen LogP contribution in [0.1, 0.15) is 21.5 Å². The number of fused-ring (bicyclic) bond motifs is 1. The molecule has 0 spiro atoms. The van der Waals surface area contributed by atoms with E-state index in [9.17, 15) is 9.59 Å². The molecule has 7 nitrogen and oxygen atoms in total. The van der Waals surface area contributed by atoms with Gasteiger partial charge in [-0.25, -0.2) is 10.2 Å². The number of benzene rings is 5. The van der Waals surface area contributed by atoms with Crippen LogP contribution in [-0.2, 0) is 11.4 Å². The second-order valence-corrected chi connectivity index (χ2v) is 9.88. The van der Waals surface area contributed by atoms with Crippen molar-refractivity contribution < 1.29 is 23.8 Å². The first kappa shape index (κ1) is 28.7. The molecule has 210 valence electrons. The van der Waals surface area contributed by atoms with Gasteiger partial charge in [0.05, 0.1) is 16.8 Å². The van der Waals surface area contributed by atoms with Crippen molar-refractivity contribution in [2.24, 2.45) is 5.10 Å². The highest BCUT2D eigenvalue weighted by Crippen LogP contribution is 2.29. The summed E-state index contributed by atoms with van der Waals surface area (Å²) >= 11 is 12.1. The predicted molar refractivity (Wildman–Crippen MR) is 164 cm³/mol. The van der Waals surface area contributed by atoms with E-state index < -0.39 is 11.9 Å². The number of nitrogens with zero attached hydrogens (tertiary/aromatic N) is 1. The second-order valence-electron chi connectivity index (χ2n) is 9.04. The molecule has 0 radical (unpaired) electrons. The predicted octanol–water partition coefficient (Wildman–Crippen LogP) is 7.47. The van der Waals surface area contributed by atoms with E-state index in [4.69, 9.17) is 37.4 Å². The number of rotatable bonds is 10. The summed E-state index contributed by atoms with van der Waals surface area (Å²) in [4.78, 5) is 25.3. The molecule has 0 bridgehead atoms. The largest absolute Gasteiger partial charge is 0.489 e. The van der Waals surface area contributed by atoms with Crippen LogP contribution in [0.25, 0.3) is 10.8 Å². The molecule has 0 aliphatic rings. The molecule has 9 heteroatoms. The third-order valence-corrected chi connectivity index (χ3v) is 6.66. The quantitative estimate of drug-likeness (QED) is 0.0779. The summed E-state index contributed by atoms with van der Waals surface area (Å²) in [6, 6.07) is 32.4. The number of carbonyl (C=O) groups is 2. The molecule has 1 amide bonds. The molecule has 5 rings (SSSR count). The van der Waals surface area contributed by atoms with E-state index in [1.807, 2.05) is 60.7 Å². The molecule has 5 aromatic carbocycles. The molecule has 0 aliphatic carbocycles. The molecule has 0 unspecified atom stereocenters. The Morgan fingerprint density at radius 2 is 1.50 bits per heavy atom. The molecule has 0 atom stereocenters. The monoisotopic (exact) mass is 598 g/mol. The fraction of sp³-hybridized carbons (Fsp3) is 0.0606. The Hall–Kier alpha value is -4.85. The Labute approximate surface area is 252 Å². The first-order valence-electron chi connectivity index (χ1n) is 12.9. The van der Waals surface area contributed by atoms with Gasteiger partial charge >= 0.3 is 5.97 Å². The van der Waals surface area contributed by atoms with Crippen LogP contribution in [0.5, 0.6) is 17.2 Å². The smallest absolute Gasteiger partial charge is 0.345 e. The first-order valence-corrected chi connectivity index (χ1v) is 13.6. The average molecular weight is 599 g/mol. The number of halogens is 2. The van der Waals surface area contributed by atoms with Crippen molar-refractivity contribution in [1.29, 1.82) is 0 Å². The molecule has 0 aromatic heterocycles. The van der Waals surface area contributed by atoms with Gasteiger partial charge in [-0.05, 0) is 64.9 Å². The van der Waals surface area contributed by atoms with Gasteiger partial charge in [0, 0.05) is 10.6 Å². The summed E-state index contributed by atoms with van der Waals surface area (Å²) in [5, 5.41) is 6.32. The summed E-state index contributed by atoms with van der Waals surface area (Å²) in [5.41, 5.74) is 4.18. The van der Waals surface area contributed by atoms with Crippen molar-refractivity contribution in [2.75, 3.05) is 6.61 Å². The summed E-state index contributed by atoms with van der Waals surface area (Å²) < 4.78 is 17.0. The molecule has 0 heterocycles. The van der Waals surface area contributed by atoms with Gasteiger partial charge in [0.25, 0.3) is 5.91 Å². The number of amides is 1. The SMILES string of the molecule is O=C(COc1ccc(OCc2ccccc2)cc1)N/N=C\c1c(OC(=O)c2ccc(Cl)cc2Cl)ccc2ccccc12. The summed E-state index contributed by atoms with van der Waals surface area (Å²) in [6.45, 7) is 0.196. The molecule has 0 fully saturated rings. The van der Waals surface area contributed by atoms with Gasteiger partial charge in [-0.2, -0.15) is 5.10 Å². The van der Waals surface area contributed by atoms with E-state index in [2.05, 4.69) is 10.5 Å². The minimum Gasteiger partial charge on any atom is -0.489 e. The van der Waals surface area contributed by atoms with Gasteiger partial charge in [0.2, 0.25) is 0 Å². The Morgan fingerprint density at radius 1 is 0.786 bits per heavy atom. The first-order chi connectivity index (χ1) is 20.5. The highest BCUT2D eigenvalue weighted by molar-refractivity contribution is 6.36. The van der Waals surface area contributed by atoms with Crippen LogP contribution in [0.2, 0.25) is 10.0 Å². The third kappa shape index (κ3) is 7.46. The lowest BCUT2D eigenvalue weighted by atomic mass is 10.0. The highest BCUT2D eigenvalue weighted by atomic mass is 35.5. The lowest BCUT2D eigenvalue weighted by Gasteiger charge is -2.11. The van der Waals surface area contributed by atoms with Crippen molar-refractivity contribution in [3.63, 3.8) is 0 Å². The van der Waals surface area contributed by atoms with E-state index >= 15 is 0 Å². The minimum absolute atomic E-state index is 0.165. The van der Waals surface area contributed by atoms with Gasteiger partial charge in [-0.1, -0.05) is 83.9 Å². The topological polar surface area (TPSA) is 86.2 Å². The Kier molecular flexibility index (Phi) is 9.33. The molecule has 0 saturated heterocycles. The number of esters is 1. The van der Waals surface area contributed by atoms with Gasteiger partial charge in [0.1, 0.15) is 23.9 Å². The highest BCUT2D eigenvalue weighted by Gasteiger charge is 2.16. The van der Waals surface area contributed by atoms with Gasteiger partial charge < -0.3 is 14.2 Å². The maximum absolute atomic E-state index is 12.9. The van der Waals surface area contributed by atoms with Crippen LogP contribution in [-0.4, -0.2) is 24.7 Å². The average Bonchev–Trinajstić information content (AvgIpc) is 3.01. The molecular formula is C33H24Cl2N2O5. The number of hydrogen-bond donors (Lipinski definition) is 1. The van der Waals surface area contributed by atoms with Crippen LogP contribution in [0.4, 0.5) is 0 Å². The molecule has 5 aromatic rings. The molecule has 0 saturated carbocycles. The van der Waals surface area contributed by atoms with Crippen LogP contribution >= 0.6 is 23.2 Å². The van der Waals surface area contributed by atoms with E-state index in [-0.39, 0.29) is 22.9 Å². The van der Waals surface area contributed by atoms with Crippen molar-refractivity contribution >= 4 is 52.1 Å². The van der Waals surface area contributed by atoms with Crippen LogP contribution in [0.15, 0.2) is 114 Å². The number of ether oxygens (including phenoxy) is 3. The van der Waals surface area contributed by atoms with E-state index in [1.54, 1.807) is 36.4 Å². The molecule has 0 aliphatic heterocycles. The Bertz CT molecular complexity index is 1740. The van der Waals surface area contributed by atoms with E-state index in [1.165, 1.54) is 18.3 Å². The van der Waals surface area contributed by atoms with Gasteiger partial charge in [-0.15, -0.1) is 0 Å². The van der Waals surface area contributed by atoms with E-state index in [0.29, 0.717) is 28.7 Å². The number of nitrogens with one attached hydrogen (secondary N) is 1. The Morgan fingerprint density at radius 3 is 2.26 bits per heavy atom. The normalized spacial score (nSPS) is 10.9. The van der Waals surface area contributed by atoms with Gasteiger partial charge in [-0.3, -0.25) is 4.79 Å². The minimum atomic E-state index is -0.657. The third-order valence-electron chi connectivity index (χ3n) is 6.11. The molecule has 1 N–H and O–H groups in total. The number of hydrogen-bond acceptors (Lipinski definition) is 6. The van der Waals surface area contributed by atoms with Crippen molar-refractivity contribution in [1.82, 2.24) is 5.43 Å². The van der Waals surface area contributed by atoms with Gasteiger partial charge in [0.15, 0.2) is 6.61 Å². The zero-order chi connectivity index (χ0) is 29.3. The molecular weight excluding hydrogens is 575 g/mol. The zero-order valence-corrected chi connectivity index (χ0v) is 23.6. The fourth-order valence-corrected chi connectivity index (χ4v) is 4.52. The van der Waals surface area contributed by atoms with Crippen LogP contribution in [0, 0.1) is 0 Å². The van der Waals surface area contributed by atoms with Crippen molar-refractivity contribution in [3.8, 4) is 17.2 Å². The lowest BCUT2D eigenvalue weighted by Crippen LogP contribution is -2.24. The van der Waals surface area contributed by atoms with E-state index in [0.717, 1.165) is 16.3 Å². The van der Waals surface area contributed by atoms with Crippen molar-refractivity contribution in [2.45, 2.75) is 6.61 Å². The van der Waals surface area contributed by atoms with Crippen molar-refractivity contribution in [3.05, 3.63) is 136 Å². The number of carbonyl (C=O) groups excluding carboxylic acids is 2. The van der Waals surface area contributed by atoms with Crippen LogP contribution < -0.4 is 19.6 Å². The fourth-order valence-electron chi connectivity index (χ4n) is 4.03. The second kappa shape index (κ2) is 13.7. The zero-order valence-electron chi connectivity index (χ0n) is 22.1. The summed E-state index contributed by atoms with van der Waals surface area (Å²) in [6.07, 6.45) is 1.42. The van der Waals surface area contributed by atoms with Crippen LogP contribution in [0.3, 0.4) is 0 Å². The maximum Gasteiger partial charge on any atom is 0.345 e. The summed E-state index contributed by atoms with van der Waals surface area (Å²) in [5.74, 6) is 0.307. The summed E-state index contributed by atoms with van der Waals surface area (Å²) in [7, 11) is 0. The lowest BCUT2D eigenvalue weighted by molar-refractivity contribution is -0.123. The standard InChI is InChI=1S/C33H24Cl2N2O5/c34-24-11-16-28(30(35)18-24)33(39)42-31-17-10-23-8-4-5-9-27(23)29(31)19-36-37-32(38)21-41-26-14-12-25(13-15-26)40-20-22-6-2-1-3-7-22/h1-19H,20-21H2,(H,37,38)/b36-19-. The Balaban J connectivity index is 1.21. The molecule has 42 heavy (non-hydrogen) atoms. The number of hydrazone groups is 1. The maximum atomic E-state index is 12.9.